The zero-order valence-corrected chi connectivity index (χ0v) is 21.6. The molecule has 2 N–H and O–H groups in total. The number of likely N-dealkylation sites (N-methyl/N-ethyl adjacent to an activating group) is 1. The molecule has 6 nitrogen and oxygen atoms in total. The number of H-pyrrole nitrogens is 1. The van der Waals surface area contributed by atoms with Crippen LogP contribution in [0.5, 0.6) is 5.75 Å². The molecule has 1 aliphatic rings. The first-order chi connectivity index (χ1) is 18.9. The molecule has 1 aromatic heterocycles. The first-order valence-corrected chi connectivity index (χ1v) is 12.7. The number of aromatic amines is 1. The number of rotatable bonds is 11. The van der Waals surface area contributed by atoms with Gasteiger partial charge in [0.1, 0.15) is 18.2 Å². The molecule has 8 heteroatoms. The first kappa shape index (κ1) is 23.2. The largest absolute Gasteiger partial charge is 0.492 e. The van der Waals surface area contributed by atoms with Crippen molar-refractivity contribution < 1.29 is 27.5 Å². The van der Waals surface area contributed by atoms with E-state index in [-0.39, 0.29) is 38.7 Å². The number of fused-ring (bicyclic) bond motifs is 3. The number of nitrogens with one attached hydrogen (secondary N) is 1. The average molecular weight is 517 g/mol. The Balaban J connectivity index is 1.73. The number of nitrogens with zero attached hydrogens (tertiary/aromatic N) is 2. The number of hydrogen-bond donors (Lipinski definition) is 2. The van der Waals surface area contributed by atoms with Gasteiger partial charge in [0.2, 0.25) is 0 Å². The lowest BCUT2D eigenvalue weighted by molar-refractivity contribution is -0.142. The van der Waals surface area contributed by atoms with Crippen LogP contribution in [0.15, 0.2) is 36.4 Å². The van der Waals surface area contributed by atoms with Crippen LogP contribution in [-0.4, -0.2) is 71.8 Å². The van der Waals surface area contributed by atoms with E-state index in [4.69, 9.17) is 8.85 Å². The van der Waals surface area contributed by atoms with E-state index in [1.54, 1.807) is 13.8 Å². The van der Waals surface area contributed by atoms with Gasteiger partial charge in [-0.25, -0.2) is 4.39 Å². The summed E-state index contributed by atoms with van der Waals surface area (Å²) in [5.74, 6) is -1.62. The smallest absolute Gasteiger partial charge is 0.307 e. The third kappa shape index (κ3) is 5.65. The van der Waals surface area contributed by atoms with E-state index < -0.39 is 37.4 Å². The van der Waals surface area contributed by atoms with Crippen molar-refractivity contribution in [2.24, 2.45) is 5.92 Å². The fourth-order valence-corrected chi connectivity index (χ4v) is 5.29. The highest BCUT2D eigenvalue weighted by atomic mass is 19.1. The summed E-state index contributed by atoms with van der Waals surface area (Å²) < 4.78 is 57.6. The van der Waals surface area contributed by atoms with Crippen LogP contribution in [0.1, 0.15) is 52.8 Å². The number of carboxylic acids is 1. The Morgan fingerprint density at radius 2 is 2.11 bits per heavy atom. The summed E-state index contributed by atoms with van der Waals surface area (Å²) in [5, 5.41) is 10.7. The van der Waals surface area contributed by atoms with Crippen LogP contribution in [0, 0.1) is 18.7 Å². The summed E-state index contributed by atoms with van der Waals surface area (Å²) >= 11 is 0. The highest BCUT2D eigenvalue weighted by Gasteiger charge is 2.39. The third-order valence-corrected chi connectivity index (χ3v) is 7.29. The molecule has 0 fully saturated rings. The molecule has 0 aliphatic carbocycles. The summed E-state index contributed by atoms with van der Waals surface area (Å²) in [4.78, 5) is 18.5. The standard InChI is InChI=1S/C29H37F2N3O3/c1-18(29(35)36)17-34-19(2)16-22-21-8-5-6-9-24(21)32-27(22)28(34)26-20(3)25(11-10-23(26)31)37-15-14-33(4)13-7-12-30/h5-6,8-11,18-19,28,32H,7,12-17H2,1-4H3,(H,35,36)/t18-,19+,28+/m0/s1/i4D3. The minimum absolute atomic E-state index is 0.0229. The normalized spacial score (nSPS) is 20.3. The van der Waals surface area contributed by atoms with Crippen LogP contribution >= 0.6 is 0 Å². The van der Waals surface area contributed by atoms with Crippen molar-refractivity contribution in [2.75, 3.05) is 39.9 Å². The van der Waals surface area contributed by atoms with Gasteiger partial charge in [0.05, 0.1) is 18.6 Å². The van der Waals surface area contributed by atoms with Gasteiger partial charge in [-0.3, -0.25) is 14.1 Å². The van der Waals surface area contributed by atoms with Gasteiger partial charge >= 0.3 is 5.97 Å². The summed E-state index contributed by atoms with van der Waals surface area (Å²) in [6.45, 7) is 2.82. The van der Waals surface area contributed by atoms with E-state index >= 15 is 4.39 Å². The highest BCUT2D eigenvalue weighted by Crippen LogP contribution is 2.44. The van der Waals surface area contributed by atoms with Gasteiger partial charge in [-0.15, -0.1) is 0 Å². The lowest BCUT2D eigenvalue weighted by Crippen LogP contribution is -2.46. The van der Waals surface area contributed by atoms with E-state index in [0.717, 1.165) is 22.2 Å². The summed E-state index contributed by atoms with van der Waals surface area (Å²) in [6, 6.07) is 10.1. The molecule has 0 spiro atoms. The molecule has 0 amide bonds. The molecule has 37 heavy (non-hydrogen) atoms. The molecule has 0 unspecified atom stereocenters. The lowest BCUT2D eigenvalue weighted by Gasteiger charge is -2.42. The Morgan fingerprint density at radius 3 is 2.84 bits per heavy atom. The number of halogens is 2. The molecule has 4 rings (SSSR count). The lowest BCUT2D eigenvalue weighted by atomic mass is 9.86. The van der Waals surface area contributed by atoms with Crippen LogP contribution in [0.2, 0.25) is 0 Å². The maximum Gasteiger partial charge on any atom is 0.307 e. The monoisotopic (exact) mass is 516 g/mol. The zero-order valence-electron chi connectivity index (χ0n) is 24.6. The maximum absolute atomic E-state index is 15.8. The summed E-state index contributed by atoms with van der Waals surface area (Å²) in [7, 11) is 0. The first-order valence-electron chi connectivity index (χ1n) is 14.2. The quantitative estimate of drug-likeness (QED) is 0.360. The zero-order chi connectivity index (χ0) is 29.2. The van der Waals surface area contributed by atoms with Crippen molar-refractivity contribution in [3.63, 3.8) is 0 Å². The topological polar surface area (TPSA) is 68.8 Å². The Hall–Kier alpha value is -2.97. The number of carbonyl (C=O) groups is 1. The molecule has 0 saturated carbocycles. The van der Waals surface area contributed by atoms with Crippen molar-refractivity contribution in [2.45, 2.75) is 45.7 Å². The predicted octanol–water partition coefficient (Wildman–Crippen LogP) is 5.34. The number of hydrogen-bond acceptors (Lipinski definition) is 4. The van der Waals surface area contributed by atoms with Crippen molar-refractivity contribution in [3.05, 3.63) is 64.6 Å². The molecule has 3 aromatic rings. The number of carboxylic acid groups (broad SMARTS) is 1. The van der Waals surface area contributed by atoms with Gasteiger partial charge in [0.15, 0.2) is 0 Å². The summed E-state index contributed by atoms with van der Waals surface area (Å²) in [5.41, 5.74) is 3.79. The second-order valence-corrected chi connectivity index (χ2v) is 9.92. The van der Waals surface area contributed by atoms with Crippen LogP contribution in [0.3, 0.4) is 0 Å². The minimum atomic E-state index is -2.38. The van der Waals surface area contributed by atoms with E-state index in [1.807, 2.05) is 36.1 Å². The Morgan fingerprint density at radius 1 is 1.32 bits per heavy atom. The van der Waals surface area contributed by atoms with E-state index in [1.165, 1.54) is 17.0 Å². The van der Waals surface area contributed by atoms with Gasteiger partial charge in [-0.2, -0.15) is 0 Å². The highest BCUT2D eigenvalue weighted by molar-refractivity contribution is 5.85. The molecular formula is C29H37F2N3O3. The molecule has 0 saturated heterocycles. The van der Waals surface area contributed by atoms with Crippen LogP contribution in [-0.2, 0) is 11.2 Å². The number of benzene rings is 2. The second kappa shape index (κ2) is 11.6. The van der Waals surface area contributed by atoms with Gasteiger partial charge in [-0.05, 0) is 63.0 Å². The van der Waals surface area contributed by atoms with Crippen molar-refractivity contribution in [1.29, 1.82) is 0 Å². The van der Waals surface area contributed by atoms with Crippen LogP contribution in [0.25, 0.3) is 10.9 Å². The third-order valence-electron chi connectivity index (χ3n) is 7.29. The average Bonchev–Trinajstić information content (AvgIpc) is 3.26. The fraction of sp³-hybridized carbons (Fsp3) is 0.483. The molecule has 2 heterocycles. The number of aromatic nitrogens is 1. The van der Waals surface area contributed by atoms with Crippen LogP contribution in [0.4, 0.5) is 8.78 Å². The molecule has 0 radical (unpaired) electrons. The fourth-order valence-electron chi connectivity index (χ4n) is 5.29. The molecule has 2 aromatic carbocycles. The van der Waals surface area contributed by atoms with Crippen molar-refractivity contribution in [1.82, 2.24) is 14.8 Å². The second-order valence-electron chi connectivity index (χ2n) is 9.92. The number of aliphatic carboxylic acids is 1. The van der Waals surface area contributed by atoms with Crippen molar-refractivity contribution in [3.8, 4) is 5.75 Å². The Labute approximate surface area is 221 Å². The number of ether oxygens (including phenoxy) is 1. The molecule has 3 atom stereocenters. The van der Waals surface area contributed by atoms with E-state index in [0.29, 0.717) is 23.3 Å². The van der Waals surface area contributed by atoms with E-state index in [9.17, 15) is 14.3 Å². The van der Waals surface area contributed by atoms with Gasteiger partial charge in [0.25, 0.3) is 0 Å². The Bertz CT molecular complexity index is 1350. The SMILES string of the molecule is [2H]C([2H])([2H])N(CCCF)CCOc1ccc(F)c([C@@H]2c3[nH]c4ccccc4c3C[C@@H](C)N2C[C@H](C)C(=O)O)c1C. The molecular weight excluding hydrogens is 476 g/mol. The van der Waals surface area contributed by atoms with Gasteiger partial charge in [-0.1, -0.05) is 25.1 Å². The van der Waals surface area contributed by atoms with Crippen molar-refractivity contribution >= 4 is 16.9 Å². The van der Waals surface area contributed by atoms with Gasteiger partial charge in [0, 0.05) is 51.9 Å². The molecule has 0 bridgehead atoms. The number of para-hydroxylation sites is 1. The maximum atomic E-state index is 15.8. The molecule has 1 aliphatic heterocycles. The van der Waals surface area contributed by atoms with E-state index in [2.05, 4.69) is 4.98 Å². The van der Waals surface area contributed by atoms with Gasteiger partial charge < -0.3 is 19.7 Å². The number of alkyl halides is 1. The minimum Gasteiger partial charge on any atom is -0.492 e. The predicted molar refractivity (Wildman–Crippen MR) is 142 cm³/mol. The van der Waals surface area contributed by atoms with Crippen LogP contribution < -0.4 is 4.74 Å². The Kier molecular flexibility index (Phi) is 7.27. The molecule has 200 valence electrons. The summed E-state index contributed by atoms with van der Waals surface area (Å²) in [6.07, 6.45) is 0.790.